The van der Waals surface area contributed by atoms with Gasteiger partial charge in [-0.25, -0.2) is 9.78 Å². The van der Waals surface area contributed by atoms with Crippen LogP contribution in [0.1, 0.15) is 22.2 Å². The molecule has 4 aromatic rings. The zero-order valence-corrected chi connectivity index (χ0v) is 22.0. The van der Waals surface area contributed by atoms with E-state index in [1.807, 2.05) is 62.4 Å². The van der Waals surface area contributed by atoms with Gasteiger partial charge in [-0.1, -0.05) is 18.2 Å². The van der Waals surface area contributed by atoms with E-state index in [2.05, 4.69) is 20.9 Å². The number of aromatic nitrogens is 1. The molecule has 1 fully saturated rings. The monoisotopic (exact) mass is 529 g/mol. The number of anilines is 3. The third kappa shape index (κ3) is 4.07. The van der Waals surface area contributed by atoms with E-state index < -0.39 is 5.54 Å². The summed E-state index contributed by atoms with van der Waals surface area (Å²) in [6, 6.07) is 16.6. The van der Waals surface area contributed by atoms with E-state index in [1.165, 1.54) is 11.3 Å². The third-order valence-electron chi connectivity index (χ3n) is 7.06. The molecule has 9 nitrogen and oxygen atoms in total. The van der Waals surface area contributed by atoms with Crippen LogP contribution in [0.3, 0.4) is 0 Å². The van der Waals surface area contributed by atoms with Crippen molar-refractivity contribution < 1.29 is 19.1 Å². The highest BCUT2D eigenvalue weighted by atomic mass is 32.1. The van der Waals surface area contributed by atoms with E-state index >= 15 is 0 Å². The zero-order valence-electron chi connectivity index (χ0n) is 21.2. The predicted molar refractivity (Wildman–Crippen MR) is 148 cm³/mol. The van der Waals surface area contributed by atoms with Crippen LogP contribution in [0.2, 0.25) is 0 Å². The Labute approximate surface area is 223 Å². The molecular weight excluding hydrogens is 502 g/mol. The number of hydrogen-bond donors (Lipinski definition) is 3. The second-order valence-electron chi connectivity index (χ2n) is 9.67. The smallest absolute Gasteiger partial charge is 0.331 e. The molecule has 0 spiro atoms. The lowest BCUT2D eigenvalue weighted by atomic mass is 9.98. The number of carbonyl (C=O) groups excluding carboxylic acids is 2. The molecule has 0 radical (unpaired) electrons. The Morgan fingerprint density at radius 3 is 2.74 bits per heavy atom. The standard InChI is InChI=1S/C28H27N5O4S/c1-16-13-18(37-17-7-5-4-6-8-17)9-10-19(16)33-20-11-12-30-26-22(20)23(31-27(33)35)24(38-26)25(34)32-28(2)15-29-14-21(28)36-3/h4-13,21,29H,14-15H2,1-3H3,(H,31,35)(H,32,34)/t21-,28-/m0/s1. The van der Waals surface area contributed by atoms with E-state index in [4.69, 9.17) is 9.47 Å². The van der Waals surface area contributed by atoms with Gasteiger partial charge in [-0.3, -0.25) is 9.69 Å². The minimum atomic E-state index is -0.573. The van der Waals surface area contributed by atoms with Gasteiger partial charge in [0.2, 0.25) is 0 Å². The maximum absolute atomic E-state index is 13.5. The van der Waals surface area contributed by atoms with Crippen LogP contribution in [0.4, 0.5) is 21.9 Å². The predicted octanol–water partition coefficient (Wildman–Crippen LogP) is 5.19. The molecule has 4 heterocycles. The van der Waals surface area contributed by atoms with Crippen molar-refractivity contribution in [1.29, 1.82) is 0 Å². The number of urea groups is 1. The van der Waals surface area contributed by atoms with Crippen molar-refractivity contribution in [3.05, 3.63) is 71.2 Å². The highest BCUT2D eigenvalue weighted by Gasteiger charge is 2.42. The van der Waals surface area contributed by atoms with Gasteiger partial charge in [0.15, 0.2) is 0 Å². The number of carbonyl (C=O) groups is 2. The Morgan fingerprint density at radius 2 is 1.97 bits per heavy atom. The first kappa shape index (κ1) is 24.4. The van der Waals surface area contributed by atoms with Crippen LogP contribution < -0.4 is 25.6 Å². The van der Waals surface area contributed by atoms with Gasteiger partial charge in [-0.2, -0.15) is 0 Å². The Balaban J connectivity index is 1.35. The van der Waals surface area contributed by atoms with Gasteiger partial charge in [0, 0.05) is 26.4 Å². The summed E-state index contributed by atoms with van der Waals surface area (Å²) < 4.78 is 11.5. The molecule has 3 N–H and O–H groups in total. The van der Waals surface area contributed by atoms with Crippen molar-refractivity contribution in [2.75, 3.05) is 30.4 Å². The lowest BCUT2D eigenvalue weighted by molar-refractivity contribution is 0.0517. The van der Waals surface area contributed by atoms with Crippen LogP contribution in [-0.2, 0) is 4.74 Å². The van der Waals surface area contributed by atoms with Crippen LogP contribution in [0.25, 0.3) is 10.2 Å². The number of ether oxygens (including phenoxy) is 2. The summed E-state index contributed by atoms with van der Waals surface area (Å²) in [5.41, 5.74) is 2.16. The summed E-state index contributed by atoms with van der Waals surface area (Å²) in [7, 11) is 1.64. The van der Waals surface area contributed by atoms with Crippen LogP contribution in [0.15, 0.2) is 60.8 Å². The molecule has 0 aliphatic carbocycles. The molecule has 2 aromatic heterocycles. The number of para-hydroxylation sites is 1. The lowest BCUT2D eigenvalue weighted by Gasteiger charge is -2.31. The van der Waals surface area contributed by atoms with Crippen LogP contribution in [-0.4, -0.2) is 48.8 Å². The zero-order chi connectivity index (χ0) is 26.4. The molecule has 6 rings (SSSR count). The van der Waals surface area contributed by atoms with Gasteiger partial charge >= 0.3 is 6.03 Å². The Morgan fingerprint density at radius 1 is 1.16 bits per heavy atom. The first-order valence-electron chi connectivity index (χ1n) is 12.3. The van der Waals surface area contributed by atoms with Crippen molar-refractivity contribution in [2.45, 2.75) is 25.5 Å². The van der Waals surface area contributed by atoms with Crippen LogP contribution in [0.5, 0.6) is 11.5 Å². The van der Waals surface area contributed by atoms with Gasteiger partial charge < -0.3 is 25.4 Å². The molecule has 3 amide bonds. The quantitative estimate of drug-likeness (QED) is 0.318. The summed E-state index contributed by atoms with van der Waals surface area (Å²) in [4.78, 5) is 34.2. The summed E-state index contributed by atoms with van der Waals surface area (Å²) in [5, 5.41) is 10.1. The molecule has 2 aromatic carbocycles. The molecule has 38 heavy (non-hydrogen) atoms. The average molecular weight is 530 g/mol. The lowest BCUT2D eigenvalue weighted by Crippen LogP contribution is -2.55. The molecule has 10 heteroatoms. The van der Waals surface area contributed by atoms with Crippen molar-refractivity contribution in [2.24, 2.45) is 0 Å². The number of pyridine rings is 1. The number of nitrogens with one attached hydrogen (secondary N) is 3. The summed E-state index contributed by atoms with van der Waals surface area (Å²) in [6.07, 6.45) is 1.50. The molecule has 2 aliphatic rings. The molecule has 0 unspecified atom stereocenters. The van der Waals surface area contributed by atoms with E-state index in [-0.39, 0.29) is 18.0 Å². The molecule has 0 bridgehead atoms. The maximum atomic E-state index is 13.5. The van der Waals surface area contributed by atoms with Gasteiger partial charge in [-0.05, 0) is 55.8 Å². The van der Waals surface area contributed by atoms with Crippen molar-refractivity contribution >= 4 is 50.6 Å². The summed E-state index contributed by atoms with van der Waals surface area (Å²) in [6.45, 7) is 5.13. The van der Waals surface area contributed by atoms with E-state index in [1.54, 1.807) is 24.3 Å². The topological polar surface area (TPSA) is 105 Å². The van der Waals surface area contributed by atoms with Crippen LogP contribution >= 0.6 is 11.3 Å². The minimum absolute atomic E-state index is 0.159. The minimum Gasteiger partial charge on any atom is -0.457 e. The number of thiophene rings is 1. The van der Waals surface area contributed by atoms with Gasteiger partial charge in [0.05, 0.1) is 34.1 Å². The number of aryl methyl sites for hydroxylation is 1. The number of hydrogen-bond acceptors (Lipinski definition) is 7. The molecular formula is C28H27N5O4S. The van der Waals surface area contributed by atoms with E-state index in [0.717, 1.165) is 16.7 Å². The fourth-order valence-electron chi connectivity index (χ4n) is 5.14. The number of benzene rings is 2. The number of methoxy groups -OCH3 is 1. The SMILES string of the molecule is CO[C@H]1CNC[C@]1(C)NC(=O)c1sc2nccc3c2c1NC(=O)N3c1ccc(Oc2ccccc2)cc1C. The molecule has 194 valence electrons. The maximum Gasteiger partial charge on any atom is 0.331 e. The van der Waals surface area contributed by atoms with E-state index in [0.29, 0.717) is 45.6 Å². The number of nitrogens with zero attached hydrogens (tertiary/aromatic N) is 2. The summed E-state index contributed by atoms with van der Waals surface area (Å²) in [5.74, 6) is 1.14. The molecule has 0 saturated carbocycles. The van der Waals surface area contributed by atoms with Gasteiger partial charge in [0.25, 0.3) is 5.91 Å². The Bertz CT molecular complexity index is 1560. The second-order valence-corrected chi connectivity index (χ2v) is 10.7. The van der Waals surface area contributed by atoms with E-state index in [9.17, 15) is 9.59 Å². The number of rotatable bonds is 6. The van der Waals surface area contributed by atoms with Crippen molar-refractivity contribution in [3.8, 4) is 11.5 Å². The van der Waals surface area contributed by atoms with Gasteiger partial charge in [0.1, 0.15) is 21.2 Å². The summed E-state index contributed by atoms with van der Waals surface area (Å²) >= 11 is 1.26. The van der Waals surface area contributed by atoms with Crippen molar-refractivity contribution in [1.82, 2.24) is 15.6 Å². The molecule has 2 aliphatic heterocycles. The Kier molecular flexibility index (Phi) is 6.02. The molecule has 1 saturated heterocycles. The fraction of sp³-hybridized carbons (Fsp3) is 0.250. The third-order valence-corrected chi connectivity index (χ3v) is 8.15. The molecule has 2 atom stereocenters. The first-order valence-corrected chi connectivity index (χ1v) is 13.1. The Hall–Kier alpha value is -3.99. The largest absolute Gasteiger partial charge is 0.457 e. The van der Waals surface area contributed by atoms with Gasteiger partial charge in [-0.15, -0.1) is 11.3 Å². The van der Waals surface area contributed by atoms with Crippen molar-refractivity contribution in [3.63, 3.8) is 0 Å². The van der Waals surface area contributed by atoms with Crippen LogP contribution in [0, 0.1) is 6.92 Å². The number of amides is 3. The second kappa shape index (κ2) is 9.39. The average Bonchev–Trinajstić information content (AvgIpc) is 3.46. The highest BCUT2D eigenvalue weighted by Crippen LogP contribution is 2.46. The fourth-order valence-corrected chi connectivity index (χ4v) is 6.15. The highest BCUT2D eigenvalue weighted by molar-refractivity contribution is 7.21. The first-order chi connectivity index (χ1) is 18.4. The normalized spacial score (nSPS) is 20.4.